The van der Waals surface area contributed by atoms with E-state index in [9.17, 15) is 0 Å². The van der Waals surface area contributed by atoms with Gasteiger partial charge in [-0.25, -0.2) is 0 Å². The molecule has 0 aromatic carbocycles. The molecule has 0 aromatic heterocycles. The van der Waals surface area contributed by atoms with Crippen LogP contribution in [0, 0.1) is 68.5 Å². The minimum Gasteiger partial charge on any atom is -0.0846 e. The Kier molecular flexibility index (Phi) is 3.81. The zero-order valence-corrected chi connectivity index (χ0v) is 21.2. The second-order valence-electron chi connectivity index (χ2n) is 15.6. The largest absolute Gasteiger partial charge is 0.0846 e. The zero-order chi connectivity index (χ0) is 21.4. The topological polar surface area (TPSA) is 0 Å². The fourth-order valence-corrected chi connectivity index (χ4v) is 13.3. The van der Waals surface area contributed by atoms with Gasteiger partial charge in [0.15, 0.2) is 0 Å². The van der Waals surface area contributed by atoms with Crippen molar-refractivity contribution in [1.29, 1.82) is 0 Å². The molecule has 0 nitrogen and oxygen atoms in total. The van der Waals surface area contributed by atoms with Crippen LogP contribution in [0.25, 0.3) is 0 Å². The summed E-state index contributed by atoms with van der Waals surface area (Å²) in [6.07, 6.45) is 24.5. The lowest BCUT2D eigenvalue weighted by molar-refractivity contribution is -0.270. The Balaban J connectivity index is 1.43. The van der Waals surface area contributed by atoms with Crippen molar-refractivity contribution in [2.75, 3.05) is 0 Å². The molecule has 0 radical (unpaired) electrons. The molecule has 9 rings (SSSR count). The van der Waals surface area contributed by atoms with Crippen molar-refractivity contribution in [1.82, 2.24) is 0 Å². The highest BCUT2D eigenvalue weighted by Crippen LogP contribution is 2.81. The zero-order valence-electron chi connectivity index (χ0n) is 21.2. The van der Waals surface area contributed by atoms with Gasteiger partial charge in [0, 0.05) is 0 Å². The second kappa shape index (κ2) is 5.86. The molecule has 0 aromatic rings. The molecule has 0 heteroatoms. The van der Waals surface area contributed by atoms with Gasteiger partial charge in [0.05, 0.1) is 0 Å². The van der Waals surface area contributed by atoms with Crippen LogP contribution in [-0.4, -0.2) is 0 Å². The summed E-state index contributed by atoms with van der Waals surface area (Å²) in [6, 6.07) is 0. The quantitative estimate of drug-likeness (QED) is 0.392. The molecule has 0 N–H and O–H groups in total. The van der Waals surface area contributed by atoms with Crippen molar-refractivity contribution in [2.24, 2.45) is 68.5 Å². The van der Waals surface area contributed by atoms with Gasteiger partial charge in [-0.2, -0.15) is 0 Å². The average Bonchev–Trinajstić information content (AvgIpc) is 2.67. The molecular weight excluding hydrogens is 372 g/mol. The summed E-state index contributed by atoms with van der Waals surface area (Å²) in [5.41, 5.74) is 2.36. The van der Waals surface area contributed by atoms with Crippen LogP contribution < -0.4 is 0 Å². The Bertz CT molecular complexity index is 741. The maximum Gasteiger partial charge on any atom is -0.00254 e. The van der Waals surface area contributed by atoms with Crippen LogP contribution in [0.1, 0.15) is 112 Å². The first-order valence-electron chi connectivity index (χ1n) is 14.3. The Labute approximate surface area is 192 Å². The second-order valence-corrected chi connectivity index (χ2v) is 15.6. The van der Waals surface area contributed by atoms with E-state index in [0.29, 0.717) is 33.0 Å². The highest BCUT2D eigenvalue weighted by Gasteiger charge is 2.74. The lowest BCUT2D eigenvalue weighted by Crippen LogP contribution is -2.70. The van der Waals surface area contributed by atoms with Crippen LogP contribution in [0.5, 0.6) is 0 Å². The predicted octanol–water partition coefficient (Wildman–Crippen LogP) is 8.66. The van der Waals surface area contributed by atoms with E-state index in [4.69, 9.17) is 0 Å². The van der Waals surface area contributed by atoms with E-state index in [1.165, 1.54) is 0 Å². The van der Waals surface area contributed by atoms with E-state index in [0.717, 1.165) is 35.5 Å². The Morgan fingerprint density at radius 3 is 1.29 bits per heavy atom. The summed E-state index contributed by atoms with van der Waals surface area (Å²) >= 11 is 0. The highest BCUT2D eigenvalue weighted by molar-refractivity contribution is 5.30. The van der Waals surface area contributed by atoms with Crippen LogP contribution in [0.2, 0.25) is 0 Å². The number of hydrogen-bond acceptors (Lipinski definition) is 0. The standard InChI is InChI=1S/C31H48/c1-20-6-7-28(4,30-14-21-8-22(15-30)10-23(9-21)16-30)29(5,27(20,2)3)31-17-24-11-25(18-31)13-26(12-24)19-31/h6-7,20-26H,8-19H2,1-5H3. The third-order valence-electron chi connectivity index (χ3n) is 14.4. The van der Waals surface area contributed by atoms with Gasteiger partial charge in [-0.3, -0.25) is 0 Å². The van der Waals surface area contributed by atoms with E-state index < -0.39 is 0 Å². The fourth-order valence-electron chi connectivity index (χ4n) is 13.3. The van der Waals surface area contributed by atoms with Gasteiger partial charge >= 0.3 is 0 Å². The summed E-state index contributed by atoms with van der Waals surface area (Å²) in [7, 11) is 0. The normalized spacial score (nSPS) is 63.1. The molecule has 0 saturated heterocycles. The first-order chi connectivity index (χ1) is 14.6. The summed E-state index contributed by atoms with van der Waals surface area (Å²) in [5.74, 6) is 7.04. The van der Waals surface area contributed by atoms with E-state index >= 15 is 0 Å². The van der Waals surface area contributed by atoms with Gasteiger partial charge in [-0.05, 0) is 146 Å². The monoisotopic (exact) mass is 420 g/mol. The van der Waals surface area contributed by atoms with Crippen LogP contribution in [0.15, 0.2) is 12.2 Å². The van der Waals surface area contributed by atoms with Crippen molar-refractivity contribution < 1.29 is 0 Å². The molecule has 0 amide bonds. The van der Waals surface area contributed by atoms with Crippen molar-refractivity contribution in [3.05, 3.63) is 12.2 Å². The number of hydrogen-bond donors (Lipinski definition) is 0. The van der Waals surface area contributed by atoms with Crippen LogP contribution in [0.3, 0.4) is 0 Å². The molecular formula is C31H48. The van der Waals surface area contributed by atoms with Gasteiger partial charge in [-0.1, -0.05) is 46.8 Å². The maximum absolute atomic E-state index is 2.89. The minimum absolute atomic E-state index is 0.373. The van der Waals surface area contributed by atoms with Crippen LogP contribution in [-0.2, 0) is 0 Å². The number of rotatable bonds is 2. The molecule has 9 aliphatic carbocycles. The van der Waals surface area contributed by atoms with Crippen molar-refractivity contribution in [3.63, 3.8) is 0 Å². The van der Waals surface area contributed by atoms with Crippen molar-refractivity contribution in [2.45, 2.75) is 112 Å². The minimum atomic E-state index is 0.373. The molecule has 3 atom stereocenters. The van der Waals surface area contributed by atoms with E-state index in [1.807, 2.05) is 0 Å². The molecule has 172 valence electrons. The molecule has 0 heterocycles. The molecule has 31 heavy (non-hydrogen) atoms. The Morgan fingerprint density at radius 2 is 0.903 bits per heavy atom. The Hall–Kier alpha value is -0.260. The summed E-state index contributed by atoms with van der Waals surface area (Å²) in [4.78, 5) is 0. The third kappa shape index (κ3) is 2.21. The van der Waals surface area contributed by atoms with Crippen LogP contribution >= 0.6 is 0 Å². The van der Waals surface area contributed by atoms with Crippen molar-refractivity contribution >= 4 is 0 Å². The summed E-state index contributed by atoms with van der Waals surface area (Å²) in [5, 5.41) is 0. The van der Waals surface area contributed by atoms with E-state index in [1.54, 1.807) is 77.0 Å². The molecule has 0 spiro atoms. The first kappa shape index (κ1) is 20.1. The van der Waals surface area contributed by atoms with Crippen molar-refractivity contribution in [3.8, 4) is 0 Å². The molecule has 8 saturated carbocycles. The fraction of sp³-hybridized carbons (Fsp3) is 0.935. The van der Waals surface area contributed by atoms with Gasteiger partial charge < -0.3 is 0 Å². The lowest BCUT2D eigenvalue weighted by atomic mass is 9.27. The predicted molar refractivity (Wildman–Crippen MR) is 130 cm³/mol. The molecule has 3 unspecified atom stereocenters. The first-order valence-corrected chi connectivity index (χ1v) is 14.3. The van der Waals surface area contributed by atoms with Gasteiger partial charge in [-0.15, -0.1) is 0 Å². The van der Waals surface area contributed by atoms with Gasteiger partial charge in [0.1, 0.15) is 0 Å². The van der Waals surface area contributed by atoms with Crippen LogP contribution in [0.4, 0.5) is 0 Å². The van der Waals surface area contributed by atoms with E-state index in [2.05, 4.69) is 46.8 Å². The third-order valence-corrected chi connectivity index (χ3v) is 14.4. The molecule has 8 bridgehead atoms. The maximum atomic E-state index is 2.89. The smallest absolute Gasteiger partial charge is 0.00254 e. The average molecular weight is 421 g/mol. The lowest BCUT2D eigenvalue weighted by Gasteiger charge is -2.77. The van der Waals surface area contributed by atoms with Gasteiger partial charge in [0.2, 0.25) is 0 Å². The SMILES string of the molecule is CC1C=CC(C)(C23CC4CC(CC(C4)C2)C3)C(C)(C23CC4CC(CC(C4)C2)C3)C1(C)C. The Morgan fingerprint density at radius 1 is 0.548 bits per heavy atom. The van der Waals surface area contributed by atoms with Gasteiger partial charge in [0.25, 0.3) is 0 Å². The summed E-state index contributed by atoms with van der Waals surface area (Å²) in [6.45, 7) is 13.7. The van der Waals surface area contributed by atoms with E-state index in [-0.39, 0.29) is 0 Å². The highest BCUT2D eigenvalue weighted by atomic mass is 14.8. The molecule has 8 fully saturated rings. The molecule has 0 aliphatic heterocycles. The number of allylic oxidation sites excluding steroid dienone is 2. The summed E-state index contributed by atoms with van der Waals surface area (Å²) < 4.78 is 0. The molecule has 9 aliphatic rings.